The monoisotopic (exact) mass is 365 g/mol. The van der Waals surface area contributed by atoms with E-state index in [1.807, 2.05) is 0 Å². The number of hydrogen-bond donors (Lipinski definition) is 1. The molecule has 0 radical (unpaired) electrons. The van der Waals surface area contributed by atoms with E-state index in [4.69, 9.17) is 18.9 Å². The van der Waals surface area contributed by atoms with E-state index in [1.165, 1.54) is 16.9 Å². The summed E-state index contributed by atoms with van der Waals surface area (Å²) in [5, 5.41) is 0. The van der Waals surface area contributed by atoms with Gasteiger partial charge in [0.15, 0.2) is 5.69 Å². The molecule has 0 aliphatic carbocycles. The molecule has 3 aliphatic rings. The molecule has 0 spiro atoms. The van der Waals surface area contributed by atoms with E-state index in [2.05, 4.69) is 5.43 Å². The maximum absolute atomic E-state index is 12.8. The van der Waals surface area contributed by atoms with Gasteiger partial charge in [-0.15, -0.1) is 0 Å². The van der Waals surface area contributed by atoms with Crippen molar-refractivity contribution in [2.24, 2.45) is 0 Å². The zero-order chi connectivity index (χ0) is 18.1. The molecule has 3 aliphatic heterocycles. The Balaban J connectivity index is 1.57. The molecule has 1 atom stereocenters. The van der Waals surface area contributed by atoms with Gasteiger partial charge in [0.05, 0.1) is 26.4 Å². The SMILES string of the molecule is O=C(Oc1c2n(ccc1=O)N[C@@H]1COCCN1C2=O)OC1CCOCC1. The third-order valence-electron chi connectivity index (χ3n) is 4.55. The Hall–Kier alpha value is -2.59. The van der Waals surface area contributed by atoms with Crippen molar-refractivity contribution in [3.63, 3.8) is 0 Å². The van der Waals surface area contributed by atoms with Crippen molar-refractivity contribution >= 4 is 12.1 Å². The first kappa shape index (κ1) is 16.9. The number of ether oxygens (including phenoxy) is 4. The molecule has 10 heteroatoms. The number of carbonyl (C=O) groups is 2. The lowest BCUT2D eigenvalue weighted by atomic mass is 10.2. The number of rotatable bonds is 2. The van der Waals surface area contributed by atoms with Gasteiger partial charge in [-0.1, -0.05) is 0 Å². The second-order valence-electron chi connectivity index (χ2n) is 6.23. The van der Waals surface area contributed by atoms with Crippen molar-refractivity contribution in [3.8, 4) is 5.75 Å². The molecule has 4 rings (SSSR count). The van der Waals surface area contributed by atoms with Gasteiger partial charge in [-0.25, -0.2) is 4.79 Å². The van der Waals surface area contributed by atoms with Crippen molar-refractivity contribution in [1.82, 2.24) is 9.58 Å². The average Bonchev–Trinajstić information content (AvgIpc) is 2.65. The predicted octanol–water partition coefficient (Wildman–Crippen LogP) is -0.102. The lowest BCUT2D eigenvalue weighted by molar-refractivity contribution is -0.0137. The Morgan fingerprint density at radius 1 is 1.19 bits per heavy atom. The summed E-state index contributed by atoms with van der Waals surface area (Å²) in [6.45, 7) is 2.12. The molecule has 1 amide bonds. The Labute approximate surface area is 148 Å². The van der Waals surface area contributed by atoms with Gasteiger partial charge in [0, 0.05) is 31.6 Å². The van der Waals surface area contributed by atoms with Crippen LogP contribution in [0.4, 0.5) is 4.79 Å². The molecular weight excluding hydrogens is 346 g/mol. The van der Waals surface area contributed by atoms with E-state index >= 15 is 0 Å². The van der Waals surface area contributed by atoms with Gasteiger partial charge in [-0.3, -0.25) is 14.3 Å². The van der Waals surface area contributed by atoms with Crippen LogP contribution in [0.1, 0.15) is 23.3 Å². The summed E-state index contributed by atoms with van der Waals surface area (Å²) in [7, 11) is 0. The molecule has 0 unspecified atom stereocenters. The predicted molar refractivity (Wildman–Crippen MR) is 86.7 cm³/mol. The van der Waals surface area contributed by atoms with Crippen LogP contribution >= 0.6 is 0 Å². The molecule has 2 fully saturated rings. The molecule has 26 heavy (non-hydrogen) atoms. The van der Waals surface area contributed by atoms with Crippen LogP contribution in [0.5, 0.6) is 5.75 Å². The fourth-order valence-corrected chi connectivity index (χ4v) is 3.21. The number of fused-ring (bicyclic) bond motifs is 2. The highest BCUT2D eigenvalue weighted by atomic mass is 16.7. The number of aromatic nitrogens is 1. The van der Waals surface area contributed by atoms with Crippen LogP contribution in [0.2, 0.25) is 0 Å². The highest BCUT2D eigenvalue weighted by Gasteiger charge is 2.37. The van der Waals surface area contributed by atoms with Crippen molar-refractivity contribution in [2.45, 2.75) is 25.1 Å². The summed E-state index contributed by atoms with van der Waals surface area (Å²) in [4.78, 5) is 38.7. The fraction of sp³-hybridized carbons (Fsp3) is 0.562. The van der Waals surface area contributed by atoms with Crippen LogP contribution in [0.15, 0.2) is 17.1 Å². The van der Waals surface area contributed by atoms with Gasteiger partial charge in [-0.2, -0.15) is 0 Å². The smallest absolute Gasteiger partial charge is 0.430 e. The van der Waals surface area contributed by atoms with Gasteiger partial charge < -0.3 is 29.3 Å². The van der Waals surface area contributed by atoms with Crippen LogP contribution in [0.25, 0.3) is 0 Å². The van der Waals surface area contributed by atoms with E-state index in [-0.39, 0.29) is 23.7 Å². The summed E-state index contributed by atoms with van der Waals surface area (Å²) in [6, 6.07) is 1.22. The molecule has 0 aromatic carbocycles. The zero-order valence-electron chi connectivity index (χ0n) is 14.0. The number of nitrogens with zero attached hydrogens (tertiary/aromatic N) is 2. The quantitative estimate of drug-likeness (QED) is 0.724. The first-order chi connectivity index (χ1) is 12.6. The van der Waals surface area contributed by atoms with Gasteiger partial charge in [0.25, 0.3) is 5.91 Å². The highest BCUT2D eigenvalue weighted by molar-refractivity contribution is 5.97. The van der Waals surface area contributed by atoms with Crippen LogP contribution in [-0.4, -0.2) is 66.9 Å². The van der Waals surface area contributed by atoms with Crippen molar-refractivity contribution < 1.29 is 28.5 Å². The summed E-state index contributed by atoms with van der Waals surface area (Å²) in [6.07, 6.45) is 0.899. The normalized spacial score (nSPS) is 22.8. The topological polar surface area (TPSA) is 108 Å². The molecule has 1 aromatic heterocycles. The third kappa shape index (κ3) is 3.13. The number of pyridine rings is 1. The molecule has 1 aromatic rings. The van der Waals surface area contributed by atoms with Gasteiger partial charge in [0.1, 0.15) is 12.3 Å². The molecule has 0 bridgehead atoms. The summed E-state index contributed by atoms with van der Waals surface area (Å²) < 4.78 is 22.3. The van der Waals surface area contributed by atoms with E-state index in [1.54, 1.807) is 4.90 Å². The maximum atomic E-state index is 12.8. The molecule has 140 valence electrons. The molecule has 0 saturated carbocycles. The summed E-state index contributed by atoms with van der Waals surface area (Å²) in [5.41, 5.74) is 2.47. The standard InChI is InChI=1S/C16H19N3O7/c20-11-1-4-19-13(15(21)18-5-8-24-9-12(18)17-19)14(11)26-16(22)25-10-2-6-23-7-3-10/h1,4,10,12,17H,2-3,5-9H2/t12-/m0/s1. The van der Waals surface area contributed by atoms with Crippen LogP contribution < -0.4 is 15.6 Å². The minimum Gasteiger partial charge on any atom is -0.430 e. The fourth-order valence-electron chi connectivity index (χ4n) is 3.21. The van der Waals surface area contributed by atoms with Crippen LogP contribution in [-0.2, 0) is 14.2 Å². The Kier molecular flexibility index (Phi) is 4.51. The van der Waals surface area contributed by atoms with E-state index in [9.17, 15) is 14.4 Å². The minimum absolute atomic E-state index is 0.0282. The second-order valence-corrected chi connectivity index (χ2v) is 6.23. The zero-order valence-corrected chi connectivity index (χ0v) is 14.0. The van der Waals surface area contributed by atoms with Gasteiger partial charge >= 0.3 is 6.16 Å². The maximum Gasteiger partial charge on any atom is 0.514 e. The molecule has 2 saturated heterocycles. The number of morpholine rings is 1. The summed E-state index contributed by atoms with van der Waals surface area (Å²) in [5.74, 6) is -0.740. The number of amides is 1. The lowest BCUT2D eigenvalue weighted by Crippen LogP contribution is -2.59. The van der Waals surface area contributed by atoms with E-state index < -0.39 is 17.5 Å². The van der Waals surface area contributed by atoms with Gasteiger partial charge in [-0.05, 0) is 0 Å². The summed E-state index contributed by atoms with van der Waals surface area (Å²) >= 11 is 0. The lowest BCUT2D eigenvalue weighted by Gasteiger charge is -2.41. The largest absolute Gasteiger partial charge is 0.514 e. The van der Waals surface area contributed by atoms with Crippen molar-refractivity contribution in [3.05, 3.63) is 28.2 Å². The second kappa shape index (κ2) is 6.96. The molecule has 10 nitrogen and oxygen atoms in total. The van der Waals surface area contributed by atoms with E-state index in [0.717, 1.165) is 0 Å². The van der Waals surface area contributed by atoms with Crippen molar-refractivity contribution in [2.75, 3.05) is 38.4 Å². The number of hydrogen-bond acceptors (Lipinski definition) is 8. The number of carbonyl (C=O) groups excluding carboxylic acids is 2. The first-order valence-corrected chi connectivity index (χ1v) is 8.50. The minimum atomic E-state index is -1.00. The first-order valence-electron chi connectivity index (χ1n) is 8.50. The average molecular weight is 365 g/mol. The Morgan fingerprint density at radius 3 is 2.81 bits per heavy atom. The molecule has 4 heterocycles. The van der Waals surface area contributed by atoms with E-state index in [0.29, 0.717) is 45.8 Å². The number of nitrogens with one attached hydrogen (secondary N) is 1. The molecular formula is C16H19N3O7. The Morgan fingerprint density at radius 2 is 2.00 bits per heavy atom. The van der Waals surface area contributed by atoms with Gasteiger partial charge in [0.2, 0.25) is 11.2 Å². The third-order valence-corrected chi connectivity index (χ3v) is 4.55. The van der Waals surface area contributed by atoms with Crippen molar-refractivity contribution in [1.29, 1.82) is 0 Å². The Bertz CT molecular complexity index is 772. The highest BCUT2D eigenvalue weighted by Crippen LogP contribution is 2.23. The van der Waals surface area contributed by atoms with Crippen LogP contribution in [0, 0.1) is 0 Å². The van der Waals surface area contributed by atoms with Crippen LogP contribution in [0.3, 0.4) is 0 Å². The molecule has 1 N–H and O–H groups in total.